The Morgan fingerprint density at radius 2 is 1.72 bits per heavy atom. The highest BCUT2D eigenvalue weighted by Crippen LogP contribution is 2.31. The molecular weight excluding hydrogens is 314 g/mol. The third-order valence-corrected chi connectivity index (χ3v) is 4.32. The lowest BCUT2D eigenvalue weighted by molar-refractivity contribution is 0.206. The summed E-state index contributed by atoms with van der Waals surface area (Å²) in [6.45, 7) is 3.85. The molecule has 3 rings (SSSR count). The molecular formula is C21H23NO3. The van der Waals surface area contributed by atoms with Gasteiger partial charge in [-0.25, -0.2) is 0 Å². The van der Waals surface area contributed by atoms with Crippen LogP contribution in [0.15, 0.2) is 47.3 Å². The molecule has 1 heterocycles. The van der Waals surface area contributed by atoms with Crippen molar-refractivity contribution in [3.8, 4) is 11.5 Å². The zero-order chi connectivity index (χ0) is 17.8. The van der Waals surface area contributed by atoms with Gasteiger partial charge in [-0.15, -0.1) is 0 Å². The number of pyridine rings is 1. The summed E-state index contributed by atoms with van der Waals surface area (Å²) in [7, 11) is 1.65. The Kier molecular flexibility index (Phi) is 5.08. The van der Waals surface area contributed by atoms with Crippen LogP contribution in [0, 0.1) is 13.8 Å². The molecule has 1 aliphatic rings. The van der Waals surface area contributed by atoms with E-state index in [9.17, 15) is 4.79 Å². The summed E-state index contributed by atoms with van der Waals surface area (Å²) in [5.41, 5.74) is 2.86. The monoisotopic (exact) mass is 337 g/mol. The van der Waals surface area contributed by atoms with Crippen molar-refractivity contribution in [1.82, 2.24) is 4.57 Å². The van der Waals surface area contributed by atoms with Gasteiger partial charge in [0.2, 0.25) is 0 Å². The maximum absolute atomic E-state index is 11.5. The second kappa shape index (κ2) is 7.43. The molecule has 0 fully saturated rings. The molecule has 0 radical (unpaired) electrons. The highest BCUT2D eigenvalue weighted by Gasteiger charge is 2.14. The zero-order valence-corrected chi connectivity index (χ0v) is 14.9. The van der Waals surface area contributed by atoms with Crippen LogP contribution < -0.4 is 14.9 Å². The third kappa shape index (κ3) is 4.02. The average Bonchev–Trinajstić information content (AvgIpc) is 3.07. The summed E-state index contributed by atoms with van der Waals surface area (Å²) >= 11 is 0. The number of methoxy groups -OCH3 is 1. The Labute approximate surface area is 148 Å². The van der Waals surface area contributed by atoms with E-state index >= 15 is 0 Å². The van der Waals surface area contributed by atoms with Crippen LogP contribution in [0.3, 0.4) is 0 Å². The third-order valence-electron chi connectivity index (χ3n) is 4.32. The van der Waals surface area contributed by atoms with E-state index in [1.54, 1.807) is 19.2 Å². The summed E-state index contributed by atoms with van der Waals surface area (Å²) in [4.78, 5) is 11.5. The van der Waals surface area contributed by atoms with E-state index in [0.717, 1.165) is 41.3 Å². The van der Waals surface area contributed by atoms with Crippen molar-refractivity contribution in [2.45, 2.75) is 32.8 Å². The highest BCUT2D eigenvalue weighted by atomic mass is 16.5. The van der Waals surface area contributed by atoms with Crippen LogP contribution >= 0.6 is 0 Å². The summed E-state index contributed by atoms with van der Waals surface area (Å²) in [6, 6.07) is 9.16. The van der Waals surface area contributed by atoms with Crippen LogP contribution in [0.5, 0.6) is 11.5 Å². The quantitative estimate of drug-likeness (QED) is 0.768. The van der Waals surface area contributed by atoms with Crippen molar-refractivity contribution in [3.63, 3.8) is 0 Å². The fourth-order valence-electron chi connectivity index (χ4n) is 3.02. The molecule has 2 aromatic rings. The number of hydrogen-bond acceptors (Lipinski definition) is 3. The van der Waals surface area contributed by atoms with Gasteiger partial charge in [0.25, 0.3) is 0 Å². The molecule has 1 aliphatic carbocycles. The number of benzene rings is 1. The molecule has 0 spiro atoms. The Balaban J connectivity index is 1.86. The maximum atomic E-state index is 11.5. The predicted molar refractivity (Wildman–Crippen MR) is 101 cm³/mol. The van der Waals surface area contributed by atoms with Crippen molar-refractivity contribution >= 4 is 12.3 Å². The molecule has 1 aromatic heterocycles. The molecule has 0 N–H and O–H groups in total. The molecule has 4 nitrogen and oxygen atoms in total. The first kappa shape index (κ1) is 17.1. The first-order valence-electron chi connectivity index (χ1n) is 8.44. The minimum absolute atomic E-state index is 0.0324. The molecule has 0 amide bonds. The molecule has 0 saturated carbocycles. The number of nitrogens with zero attached hydrogens (tertiary/aromatic N) is 1. The van der Waals surface area contributed by atoms with Crippen molar-refractivity contribution < 1.29 is 9.47 Å². The molecule has 4 heteroatoms. The van der Waals surface area contributed by atoms with E-state index < -0.39 is 0 Å². The maximum Gasteiger partial charge on any atom is 0.182 e. The van der Waals surface area contributed by atoms with Gasteiger partial charge in [-0.05, 0) is 37.6 Å². The summed E-state index contributed by atoms with van der Waals surface area (Å²) in [6.07, 6.45) is 10.3. The van der Waals surface area contributed by atoms with Crippen LogP contribution in [0.4, 0.5) is 0 Å². The number of rotatable bonds is 5. The van der Waals surface area contributed by atoms with Gasteiger partial charge in [-0.1, -0.05) is 18.2 Å². The molecule has 25 heavy (non-hydrogen) atoms. The van der Waals surface area contributed by atoms with E-state index in [0.29, 0.717) is 0 Å². The van der Waals surface area contributed by atoms with Gasteiger partial charge in [-0.2, -0.15) is 0 Å². The summed E-state index contributed by atoms with van der Waals surface area (Å²) < 4.78 is 13.5. The number of hydrogen-bond donors (Lipinski definition) is 0. The van der Waals surface area contributed by atoms with Crippen LogP contribution in [0.25, 0.3) is 12.3 Å². The van der Waals surface area contributed by atoms with E-state index in [-0.39, 0.29) is 11.5 Å². The zero-order valence-electron chi connectivity index (χ0n) is 14.9. The normalized spacial score (nSPS) is 14.4. The second-order valence-electron chi connectivity index (χ2n) is 6.25. The lowest BCUT2D eigenvalue weighted by Crippen LogP contribution is -2.12. The van der Waals surface area contributed by atoms with E-state index in [1.807, 2.05) is 48.9 Å². The summed E-state index contributed by atoms with van der Waals surface area (Å²) in [5, 5.41) is 0. The second-order valence-corrected chi connectivity index (χ2v) is 6.25. The highest BCUT2D eigenvalue weighted by molar-refractivity contribution is 5.64. The first-order valence-corrected chi connectivity index (χ1v) is 8.44. The van der Waals surface area contributed by atoms with Crippen molar-refractivity contribution in [1.29, 1.82) is 0 Å². The van der Waals surface area contributed by atoms with Crippen molar-refractivity contribution in [3.05, 3.63) is 69.7 Å². The van der Waals surface area contributed by atoms with Gasteiger partial charge in [0.15, 0.2) is 16.9 Å². The largest absolute Gasteiger partial charge is 0.493 e. The fourth-order valence-corrected chi connectivity index (χ4v) is 3.02. The van der Waals surface area contributed by atoms with Crippen LogP contribution in [-0.2, 0) is 0 Å². The molecule has 0 bridgehead atoms. The van der Waals surface area contributed by atoms with Crippen LogP contribution in [0.1, 0.15) is 29.8 Å². The van der Waals surface area contributed by atoms with E-state index in [4.69, 9.17) is 9.47 Å². The lowest BCUT2D eigenvalue weighted by atomic mass is 10.2. The SMILES string of the molecule is COc1ccc(/C=C/n2c(C)cc(=O)cc2C)cc1OC1CC=CC1. The van der Waals surface area contributed by atoms with Crippen LogP contribution in [0.2, 0.25) is 0 Å². The van der Waals surface area contributed by atoms with Gasteiger partial charge >= 0.3 is 0 Å². The molecule has 0 unspecified atom stereocenters. The van der Waals surface area contributed by atoms with E-state index in [2.05, 4.69) is 12.2 Å². The smallest absolute Gasteiger partial charge is 0.182 e. The topological polar surface area (TPSA) is 40.5 Å². The first-order chi connectivity index (χ1) is 12.1. The van der Waals surface area contributed by atoms with Gasteiger partial charge < -0.3 is 14.0 Å². The minimum atomic E-state index is 0.0324. The van der Waals surface area contributed by atoms with Crippen molar-refractivity contribution in [2.75, 3.05) is 7.11 Å². The van der Waals surface area contributed by atoms with Crippen molar-refractivity contribution in [2.24, 2.45) is 0 Å². The average molecular weight is 337 g/mol. The van der Waals surface area contributed by atoms with E-state index in [1.165, 1.54) is 0 Å². The molecule has 0 aliphatic heterocycles. The lowest BCUT2D eigenvalue weighted by Gasteiger charge is -2.16. The minimum Gasteiger partial charge on any atom is -0.493 e. The van der Waals surface area contributed by atoms with Gasteiger partial charge in [-0.3, -0.25) is 4.79 Å². The summed E-state index contributed by atoms with van der Waals surface area (Å²) in [5.74, 6) is 1.49. The fraction of sp³-hybridized carbons (Fsp3) is 0.286. The van der Waals surface area contributed by atoms with Gasteiger partial charge in [0.1, 0.15) is 6.10 Å². The molecule has 0 atom stereocenters. The molecule has 130 valence electrons. The Morgan fingerprint density at radius 1 is 1.04 bits per heavy atom. The Bertz CT molecular complexity index is 843. The predicted octanol–water partition coefficient (Wildman–Crippen LogP) is 4.20. The standard InChI is InChI=1S/C21H23NO3/c1-15-12-18(23)13-16(2)22(15)11-10-17-8-9-20(24-3)21(14-17)25-19-6-4-5-7-19/h4-5,8-14,19H,6-7H2,1-3H3/b11-10+. The van der Waals surface area contributed by atoms with Gasteiger partial charge in [0.05, 0.1) is 7.11 Å². The number of aromatic nitrogens is 1. The number of ether oxygens (including phenoxy) is 2. The molecule has 1 aromatic carbocycles. The Hall–Kier alpha value is -2.75. The molecule has 0 saturated heterocycles. The Morgan fingerprint density at radius 3 is 2.36 bits per heavy atom. The number of aryl methyl sites for hydroxylation is 2. The van der Waals surface area contributed by atoms with Gasteiger partial charge in [0, 0.05) is 42.6 Å². The van der Waals surface area contributed by atoms with Crippen LogP contribution in [-0.4, -0.2) is 17.8 Å².